The molecule has 11 rings (SSSR count). The van der Waals surface area contributed by atoms with Gasteiger partial charge >= 0.3 is 0 Å². The van der Waals surface area contributed by atoms with Crippen LogP contribution in [0.15, 0.2) is 121 Å². The molecule has 6 aromatic carbocycles. The second-order valence-electron chi connectivity index (χ2n) is 21.6. The number of aromatic nitrogens is 6. The number of benzene rings is 6. The number of H-pyrrole nitrogens is 3. The van der Waals surface area contributed by atoms with E-state index in [-0.39, 0.29) is 10.8 Å². The molecular weight excluding hydrogens is 1060 g/mol. The lowest BCUT2D eigenvalue weighted by Crippen LogP contribution is -2.47. The molecule has 18 heteroatoms. The molecule has 0 amide bonds. The number of nitriles is 1. The van der Waals surface area contributed by atoms with E-state index in [9.17, 15) is 0 Å². The number of aliphatic hydroxyl groups excluding tert-OH is 1. The topological polar surface area (TPSA) is 240 Å². The zero-order chi connectivity index (χ0) is 56.3. The molecule has 0 unspecified atom stereocenters. The Hall–Kier alpha value is -7.82. The maximum Gasteiger partial charge on any atom is 0.198 e. The van der Waals surface area contributed by atoms with Crippen molar-refractivity contribution in [3.63, 3.8) is 0 Å². The van der Waals surface area contributed by atoms with E-state index in [1.54, 1.807) is 11.0 Å². The Balaban J connectivity index is 0.000000193. The van der Waals surface area contributed by atoms with E-state index < -0.39 is 0 Å². The fourth-order valence-electron chi connectivity index (χ4n) is 9.90. The Labute approximate surface area is 471 Å². The van der Waals surface area contributed by atoms with E-state index >= 15 is 0 Å². The summed E-state index contributed by atoms with van der Waals surface area (Å²) < 4.78 is 12.0. The predicted octanol–water partition coefficient (Wildman–Crippen LogP) is 10.6. The first kappa shape index (κ1) is 57.4. The lowest BCUT2D eigenvalue weighted by atomic mass is 9.87. The standard InChI is InChI=1S/C30H35N7O.C29H36N6O.CBrN.CH4O/c1-30(2,3)21-12-10-20(11-13-21)28-32-22-6-4-8-24(26(22)34-28)37-16-14-36(15-17-37)18-19-38-25-9-5-7-23-27(25)35-29(31)33-23;1-29(2,3)21-12-10-20(11-13-21)28-32-23-7-5-8-24(27(23)33-28)35-16-14-34(15-17-35)18-19-36-25-9-4-6-22(30)26(25)31;2-1-3;1-2/h4-13H,14-19H2,1-3H3,(H,32,34)(H3,31,33,35);4-13H,14-19,30-31H2,1-3H3,(H,32,33);;2H,1H3. The number of hydrogen-bond donors (Lipinski definition) is 7. The SMILES string of the molecule is CC(C)(C)c1ccc(-c2nc3c(N4CCN(CCOc5cccc(N)c5N)CC4)cccc3[nH]2)cc1.CC(C)(C)c1ccc(-c2nc3c(N4CCN(CCOc5cccc6[nH]c(N)nc56)CC4)cccc3[nH]2)cc1.CO.N#CBr. The minimum absolute atomic E-state index is 0.135. The van der Waals surface area contributed by atoms with Crippen molar-refractivity contribution in [1.82, 2.24) is 39.7 Å². The molecule has 414 valence electrons. The van der Waals surface area contributed by atoms with Gasteiger partial charge in [-0.3, -0.25) is 9.80 Å². The number of imidazole rings is 3. The van der Waals surface area contributed by atoms with Gasteiger partial charge in [0.15, 0.2) is 5.95 Å². The van der Waals surface area contributed by atoms with Gasteiger partial charge < -0.3 is 56.5 Å². The third kappa shape index (κ3) is 14.1. The van der Waals surface area contributed by atoms with Gasteiger partial charge in [-0.15, -0.1) is 0 Å². The maximum atomic E-state index is 7.24. The number of ether oxygens (including phenoxy) is 2. The van der Waals surface area contributed by atoms with Crippen molar-refractivity contribution in [3.05, 3.63) is 132 Å². The van der Waals surface area contributed by atoms with E-state index in [4.69, 9.17) is 47.0 Å². The van der Waals surface area contributed by atoms with E-state index in [2.05, 4.69) is 182 Å². The van der Waals surface area contributed by atoms with Crippen LogP contribution in [0, 0.1) is 10.2 Å². The fraction of sp³-hybridized carbons (Fsp3) is 0.344. The molecule has 9 aromatic rings. The summed E-state index contributed by atoms with van der Waals surface area (Å²) >= 11 is 2.45. The molecule has 17 nitrogen and oxygen atoms in total. The van der Waals surface area contributed by atoms with Gasteiger partial charge in [0.2, 0.25) is 0 Å². The molecule has 79 heavy (non-hydrogen) atoms. The third-order valence-electron chi connectivity index (χ3n) is 14.4. The summed E-state index contributed by atoms with van der Waals surface area (Å²) in [5.74, 6) is 3.66. The zero-order valence-corrected chi connectivity index (χ0v) is 48.1. The first-order valence-corrected chi connectivity index (χ1v) is 27.6. The van der Waals surface area contributed by atoms with Gasteiger partial charge in [0.1, 0.15) is 57.9 Å². The van der Waals surface area contributed by atoms with Gasteiger partial charge in [0.05, 0.1) is 39.3 Å². The molecule has 0 bridgehead atoms. The number of aromatic amines is 3. The Morgan fingerprint density at radius 2 is 0.924 bits per heavy atom. The predicted molar refractivity (Wildman–Crippen MR) is 327 cm³/mol. The summed E-state index contributed by atoms with van der Waals surface area (Å²) in [7, 11) is 1.00. The lowest BCUT2D eigenvalue weighted by molar-refractivity contribution is 0.201. The number of nitrogen functional groups attached to an aromatic ring is 3. The summed E-state index contributed by atoms with van der Waals surface area (Å²) in [6.07, 6.45) is 0. The Bertz CT molecular complexity index is 3450. The van der Waals surface area contributed by atoms with Gasteiger partial charge in [-0.2, -0.15) is 5.26 Å². The highest BCUT2D eigenvalue weighted by Crippen LogP contribution is 2.34. The highest BCUT2D eigenvalue weighted by molar-refractivity contribution is 9.12. The number of fused-ring (bicyclic) bond motifs is 3. The summed E-state index contributed by atoms with van der Waals surface area (Å²) in [6, 6.07) is 41.6. The average Bonchev–Trinajstić information content (AvgIpc) is 4.22. The van der Waals surface area contributed by atoms with Crippen LogP contribution in [0.2, 0.25) is 0 Å². The number of halogens is 1. The van der Waals surface area contributed by atoms with Gasteiger partial charge in [-0.25, -0.2) is 15.0 Å². The number of piperazine rings is 2. The van der Waals surface area contributed by atoms with Gasteiger partial charge in [0.25, 0.3) is 0 Å². The van der Waals surface area contributed by atoms with Crippen molar-refractivity contribution in [3.8, 4) is 39.3 Å². The van der Waals surface area contributed by atoms with Crippen molar-refractivity contribution in [2.75, 3.05) is 113 Å². The van der Waals surface area contributed by atoms with Gasteiger partial charge in [0, 0.05) is 99.6 Å². The Morgan fingerprint density at radius 3 is 1.37 bits per heavy atom. The number of nitrogens with zero attached hydrogens (tertiary/aromatic N) is 8. The monoisotopic (exact) mass is 1130 g/mol. The molecule has 3 aromatic heterocycles. The van der Waals surface area contributed by atoms with Crippen LogP contribution in [0.1, 0.15) is 52.7 Å². The molecule has 2 saturated heterocycles. The largest absolute Gasteiger partial charge is 0.490 e. The van der Waals surface area contributed by atoms with Crippen molar-refractivity contribution in [1.29, 1.82) is 5.26 Å². The van der Waals surface area contributed by atoms with Crippen LogP contribution < -0.4 is 36.5 Å². The minimum atomic E-state index is 0.135. The first-order valence-electron chi connectivity index (χ1n) is 26.8. The number of aliphatic hydroxyl groups is 1. The van der Waals surface area contributed by atoms with Gasteiger partial charge in [-0.05, 0) is 70.5 Å². The van der Waals surface area contributed by atoms with Crippen LogP contribution in [0.25, 0.3) is 55.9 Å². The normalized spacial score (nSPS) is 14.2. The molecule has 5 heterocycles. The zero-order valence-electron chi connectivity index (χ0n) is 46.5. The molecule has 10 N–H and O–H groups in total. The Morgan fingerprint density at radius 1 is 0.532 bits per heavy atom. The molecular formula is C61H75BrN14O3. The number of nitrogens with one attached hydrogen (secondary N) is 3. The van der Waals surface area contributed by atoms with Crippen molar-refractivity contribution in [2.45, 2.75) is 52.4 Å². The van der Waals surface area contributed by atoms with Crippen LogP contribution in [0.4, 0.5) is 28.7 Å². The number of hydrogen-bond acceptors (Lipinski definition) is 14. The van der Waals surface area contributed by atoms with Gasteiger partial charge in [-0.1, -0.05) is 114 Å². The van der Waals surface area contributed by atoms with E-state index in [1.165, 1.54) is 22.5 Å². The summed E-state index contributed by atoms with van der Waals surface area (Å²) in [5, 5.41) is 14.2. The summed E-state index contributed by atoms with van der Waals surface area (Å²) in [4.78, 5) is 35.8. The summed E-state index contributed by atoms with van der Waals surface area (Å²) in [6.45, 7) is 24.0. The van der Waals surface area contributed by atoms with Crippen LogP contribution >= 0.6 is 15.9 Å². The second-order valence-corrected chi connectivity index (χ2v) is 22.0. The van der Waals surface area contributed by atoms with Crippen LogP contribution in [-0.2, 0) is 10.8 Å². The molecule has 2 aliphatic rings. The van der Waals surface area contributed by atoms with E-state index in [0.29, 0.717) is 36.3 Å². The molecule has 0 saturated carbocycles. The minimum Gasteiger partial charge on any atom is -0.490 e. The second kappa shape index (κ2) is 25.8. The molecule has 0 radical (unpaired) electrons. The van der Waals surface area contributed by atoms with Crippen LogP contribution in [0.5, 0.6) is 11.5 Å². The highest BCUT2D eigenvalue weighted by Gasteiger charge is 2.23. The maximum absolute atomic E-state index is 7.24. The number of para-hydroxylation sites is 4. The highest BCUT2D eigenvalue weighted by atomic mass is 79.9. The van der Waals surface area contributed by atoms with Crippen molar-refractivity contribution in [2.24, 2.45) is 0 Å². The quantitative estimate of drug-likeness (QED) is 0.0564. The number of anilines is 5. The number of rotatable bonds is 12. The average molecular weight is 1130 g/mol. The lowest BCUT2D eigenvalue weighted by Gasteiger charge is -2.36. The molecule has 0 spiro atoms. The Kier molecular flexibility index (Phi) is 18.7. The molecule has 0 atom stereocenters. The van der Waals surface area contributed by atoms with E-state index in [0.717, 1.165) is 134 Å². The fourth-order valence-corrected chi connectivity index (χ4v) is 9.90. The third-order valence-corrected chi connectivity index (χ3v) is 14.4. The molecule has 2 aliphatic heterocycles. The molecule has 0 aliphatic carbocycles. The first-order chi connectivity index (χ1) is 38.1. The van der Waals surface area contributed by atoms with Crippen molar-refractivity contribution < 1.29 is 14.6 Å². The molecule has 2 fully saturated rings. The smallest absolute Gasteiger partial charge is 0.198 e. The van der Waals surface area contributed by atoms with E-state index in [1.807, 2.05) is 30.3 Å². The summed E-state index contributed by atoms with van der Waals surface area (Å²) in [5.41, 5.74) is 32.1. The van der Waals surface area contributed by atoms with Crippen molar-refractivity contribution >= 4 is 77.7 Å². The van der Waals surface area contributed by atoms with Crippen LogP contribution in [-0.4, -0.2) is 131 Å². The van der Waals surface area contributed by atoms with Crippen LogP contribution in [0.3, 0.4) is 0 Å². The number of nitrogens with two attached hydrogens (primary N) is 3.